The molecule has 0 aliphatic heterocycles. The van der Waals surface area contributed by atoms with E-state index in [0.29, 0.717) is 12.2 Å². The van der Waals surface area contributed by atoms with E-state index < -0.39 is 4.92 Å². The van der Waals surface area contributed by atoms with Crippen LogP contribution in [0, 0.1) is 10.1 Å². The molecule has 0 atom stereocenters. The largest absolute Gasteiger partial charge is 0.490 e. The van der Waals surface area contributed by atoms with Gasteiger partial charge in [0.2, 0.25) is 11.3 Å². The molecule has 1 heterocycles. The maximum atomic E-state index is 11.8. The van der Waals surface area contributed by atoms with Crippen LogP contribution in [0.2, 0.25) is 0 Å². The molecule has 6 nitrogen and oxygen atoms in total. The SMILES string of the molecule is CCc1cc(=O)c2ccc(OC)c([N+](=O)[O-])c2o1. The lowest BCUT2D eigenvalue weighted by molar-refractivity contribution is -0.384. The maximum absolute atomic E-state index is 11.8. The molecule has 0 N–H and O–H groups in total. The number of nitro benzene ring substituents is 1. The zero-order chi connectivity index (χ0) is 13.3. The molecule has 0 radical (unpaired) electrons. The van der Waals surface area contributed by atoms with Gasteiger partial charge in [0.25, 0.3) is 0 Å². The van der Waals surface area contributed by atoms with E-state index in [0.717, 1.165) is 0 Å². The third-order valence-corrected chi connectivity index (χ3v) is 2.64. The lowest BCUT2D eigenvalue weighted by Crippen LogP contribution is -2.04. The van der Waals surface area contributed by atoms with E-state index >= 15 is 0 Å². The minimum Gasteiger partial charge on any atom is -0.490 e. The summed E-state index contributed by atoms with van der Waals surface area (Å²) in [5, 5.41) is 11.2. The minimum absolute atomic E-state index is 0.0382. The molecule has 0 spiro atoms. The van der Waals surface area contributed by atoms with Crippen molar-refractivity contribution in [2.75, 3.05) is 7.11 Å². The average Bonchev–Trinajstić information content (AvgIpc) is 2.36. The number of rotatable bonds is 3. The molecule has 6 heteroatoms. The van der Waals surface area contributed by atoms with E-state index in [1.807, 2.05) is 0 Å². The smallest absolute Gasteiger partial charge is 0.353 e. The van der Waals surface area contributed by atoms with Gasteiger partial charge in [-0.2, -0.15) is 0 Å². The van der Waals surface area contributed by atoms with E-state index in [1.54, 1.807) is 6.92 Å². The van der Waals surface area contributed by atoms with Crippen LogP contribution >= 0.6 is 0 Å². The number of ether oxygens (including phenoxy) is 1. The zero-order valence-electron chi connectivity index (χ0n) is 9.93. The van der Waals surface area contributed by atoms with E-state index in [2.05, 4.69) is 0 Å². The van der Waals surface area contributed by atoms with Crippen molar-refractivity contribution in [2.24, 2.45) is 0 Å². The molecule has 1 aromatic heterocycles. The lowest BCUT2D eigenvalue weighted by Gasteiger charge is -2.05. The van der Waals surface area contributed by atoms with Gasteiger partial charge in [-0.15, -0.1) is 0 Å². The third-order valence-electron chi connectivity index (χ3n) is 2.64. The summed E-state index contributed by atoms with van der Waals surface area (Å²) in [7, 11) is 1.33. The Hall–Kier alpha value is -2.37. The van der Waals surface area contributed by atoms with Gasteiger partial charge in [-0.25, -0.2) is 0 Å². The van der Waals surface area contributed by atoms with Crippen LogP contribution in [0.4, 0.5) is 5.69 Å². The van der Waals surface area contributed by atoms with Crippen molar-refractivity contribution >= 4 is 16.7 Å². The van der Waals surface area contributed by atoms with Gasteiger partial charge >= 0.3 is 5.69 Å². The molecule has 0 fully saturated rings. The average molecular weight is 249 g/mol. The van der Waals surface area contributed by atoms with Crippen LogP contribution in [-0.4, -0.2) is 12.0 Å². The quantitative estimate of drug-likeness (QED) is 0.615. The molecular weight excluding hydrogens is 238 g/mol. The Morgan fingerprint density at radius 2 is 2.17 bits per heavy atom. The highest BCUT2D eigenvalue weighted by atomic mass is 16.6. The molecule has 0 amide bonds. The number of hydrogen-bond acceptors (Lipinski definition) is 5. The number of aryl methyl sites for hydroxylation is 1. The molecule has 2 rings (SSSR count). The third kappa shape index (κ3) is 1.81. The maximum Gasteiger partial charge on any atom is 0.353 e. The Kier molecular flexibility index (Phi) is 3.01. The summed E-state index contributed by atoms with van der Waals surface area (Å²) in [5.74, 6) is 0.479. The van der Waals surface area contributed by atoms with Gasteiger partial charge in [0.1, 0.15) is 5.76 Å². The van der Waals surface area contributed by atoms with Crippen LogP contribution in [0.3, 0.4) is 0 Å². The highest BCUT2D eigenvalue weighted by Crippen LogP contribution is 2.34. The fraction of sp³-hybridized carbons (Fsp3) is 0.250. The summed E-state index contributed by atoms with van der Waals surface area (Å²) in [6, 6.07) is 4.20. The van der Waals surface area contributed by atoms with Crippen molar-refractivity contribution < 1.29 is 14.1 Å². The molecule has 0 aliphatic rings. The van der Waals surface area contributed by atoms with Crippen molar-refractivity contribution in [3.8, 4) is 5.75 Å². The second kappa shape index (κ2) is 4.48. The van der Waals surface area contributed by atoms with Gasteiger partial charge in [-0.1, -0.05) is 6.92 Å². The van der Waals surface area contributed by atoms with Crippen molar-refractivity contribution in [1.82, 2.24) is 0 Å². The first-order chi connectivity index (χ1) is 8.58. The molecule has 18 heavy (non-hydrogen) atoms. The zero-order valence-corrected chi connectivity index (χ0v) is 9.93. The Morgan fingerprint density at radius 1 is 1.44 bits per heavy atom. The summed E-state index contributed by atoms with van der Waals surface area (Å²) in [5.41, 5.74) is -0.648. The molecule has 0 bridgehead atoms. The number of nitro groups is 1. The molecule has 2 aromatic rings. The Morgan fingerprint density at radius 3 is 2.72 bits per heavy atom. The monoisotopic (exact) mass is 249 g/mol. The van der Waals surface area contributed by atoms with Crippen molar-refractivity contribution in [2.45, 2.75) is 13.3 Å². The van der Waals surface area contributed by atoms with E-state index in [-0.39, 0.29) is 27.8 Å². The molecule has 94 valence electrons. The number of hydrogen-bond donors (Lipinski definition) is 0. The topological polar surface area (TPSA) is 82.6 Å². The van der Waals surface area contributed by atoms with E-state index in [1.165, 1.54) is 25.3 Å². The second-order valence-electron chi connectivity index (χ2n) is 3.68. The van der Waals surface area contributed by atoms with Gasteiger partial charge in [-0.3, -0.25) is 14.9 Å². The Bertz CT molecular complexity index is 674. The fourth-order valence-electron chi connectivity index (χ4n) is 1.75. The van der Waals surface area contributed by atoms with Crippen molar-refractivity contribution in [3.05, 3.63) is 44.3 Å². The first-order valence-electron chi connectivity index (χ1n) is 5.36. The first kappa shape index (κ1) is 12.1. The standard InChI is InChI=1S/C12H11NO5/c1-3-7-6-9(14)8-4-5-10(17-2)11(13(15)16)12(8)18-7/h4-6H,3H2,1-2H3. The van der Waals surface area contributed by atoms with Gasteiger partial charge in [0.15, 0.2) is 5.43 Å². The predicted octanol–water partition coefficient (Wildman–Crippen LogP) is 2.27. The van der Waals surface area contributed by atoms with Crippen LogP contribution in [0.25, 0.3) is 11.0 Å². The molecule has 0 unspecified atom stereocenters. The molecular formula is C12H11NO5. The summed E-state index contributed by atoms with van der Waals surface area (Å²) in [6.45, 7) is 1.80. The summed E-state index contributed by atoms with van der Waals surface area (Å²) < 4.78 is 10.3. The van der Waals surface area contributed by atoms with Gasteiger partial charge in [0, 0.05) is 12.5 Å². The van der Waals surface area contributed by atoms with Gasteiger partial charge in [0.05, 0.1) is 17.4 Å². The van der Waals surface area contributed by atoms with Crippen molar-refractivity contribution in [3.63, 3.8) is 0 Å². The van der Waals surface area contributed by atoms with E-state index in [9.17, 15) is 14.9 Å². The van der Waals surface area contributed by atoms with Crippen LogP contribution < -0.4 is 10.2 Å². The number of methoxy groups -OCH3 is 1. The number of nitrogens with zero attached hydrogens (tertiary/aromatic N) is 1. The summed E-state index contributed by atoms with van der Waals surface area (Å²) in [4.78, 5) is 22.3. The molecule has 0 saturated heterocycles. The molecule has 0 aliphatic carbocycles. The molecule has 1 aromatic carbocycles. The van der Waals surface area contributed by atoms with Gasteiger partial charge < -0.3 is 9.15 Å². The van der Waals surface area contributed by atoms with Crippen LogP contribution in [0.15, 0.2) is 27.4 Å². The second-order valence-corrected chi connectivity index (χ2v) is 3.68. The van der Waals surface area contributed by atoms with Crippen LogP contribution in [-0.2, 0) is 6.42 Å². The number of benzene rings is 1. The molecule has 0 saturated carbocycles. The fourth-order valence-corrected chi connectivity index (χ4v) is 1.75. The summed E-state index contributed by atoms with van der Waals surface area (Å²) >= 11 is 0. The number of fused-ring (bicyclic) bond motifs is 1. The Balaban J connectivity index is 2.94. The lowest BCUT2D eigenvalue weighted by atomic mass is 10.1. The normalized spacial score (nSPS) is 10.6. The van der Waals surface area contributed by atoms with Crippen LogP contribution in [0.5, 0.6) is 5.75 Å². The minimum atomic E-state index is -0.608. The van der Waals surface area contributed by atoms with Gasteiger partial charge in [-0.05, 0) is 12.1 Å². The highest BCUT2D eigenvalue weighted by Gasteiger charge is 2.23. The van der Waals surface area contributed by atoms with Crippen LogP contribution in [0.1, 0.15) is 12.7 Å². The summed E-state index contributed by atoms with van der Waals surface area (Å²) in [6.07, 6.45) is 0.486. The highest BCUT2D eigenvalue weighted by molar-refractivity contribution is 5.88. The first-order valence-corrected chi connectivity index (χ1v) is 5.36. The predicted molar refractivity (Wildman–Crippen MR) is 65.1 cm³/mol. The van der Waals surface area contributed by atoms with E-state index in [4.69, 9.17) is 9.15 Å². The van der Waals surface area contributed by atoms with Crippen molar-refractivity contribution in [1.29, 1.82) is 0 Å². The Labute approximate surface area is 102 Å².